The van der Waals surface area contributed by atoms with Crippen molar-refractivity contribution in [3.63, 3.8) is 0 Å². The van der Waals surface area contributed by atoms with Crippen molar-refractivity contribution < 1.29 is 5.11 Å². The first-order valence-electron chi connectivity index (χ1n) is 4.96. The number of hydrogen-bond acceptors (Lipinski definition) is 3. The summed E-state index contributed by atoms with van der Waals surface area (Å²) in [6.07, 6.45) is 0.691. The molecular formula is C11H17ClN2O. The van der Waals surface area contributed by atoms with Gasteiger partial charge < -0.3 is 15.7 Å². The summed E-state index contributed by atoms with van der Waals surface area (Å²) in [7, 11) is 0. The lowest BCUT2D eigenvalue weighted by molar-refractivity contribution is 0.198. The van der Waals surface area contributed by atoms with E-state index in [1.165, 1.54) is 11.3 Å². The van der Waals surface area contributed by atoms with E-state index in [2.05, 4.69) is 11.8 Å². The highest BCUT2D eigenvalue weighted by atomic mass is 35.5. The van der Waals surface area contributed by atoms with Gasteiger partial charge in [0, 0.05) is 24.5 Å². The lowest BCUT2D eigenvalue weighted by Crippen LogP contribution is -2.21. The quantitative estimate of drug-likeness (QED) is 0.718. The summed E-state index contributed by atoms with van der Waals surface area (Å²) >= 11 is 0. The highest BCUT2D eigenvalue weighted by molar-refractivity contribution is 5.85. The number of nitrogens with zero attached hydrogens (tertiary/aromatic N) is 1. The third kappa shape index (κ3) is 2.55. The molecular weight excluding hydrogens is 212 g/mol. The molecule has 2 rings (SSSR count). The van der Waals surface area contributed by atoms with E-state index in [1.54, 1.807) is 0 Å². The molecule has 1 aliphatic heterocycles. The third-order valence-electron chi connectivity index (χ3n) is 2.72. The second-order valence-electron chi connectivity index (χ2n) is 3.93. The van der Waals surface area contributed by atoms with Crippen molar-refractivity contribution in [2.45, 2.75) is 19.4 Å². The van der Waals surface area contributed by atoms with Crippen molar-refractivity contribution in [3.8, 4) is 0 Å². The van der Waals surface area contributed by atoms with Gasteiger partial charge in [0.15, 0.2) is 0 Å². The molecule has 1 aromatic carbocycles. The lowest BCUT2D eigenvalue weighted by Gasteiger charge is -2.20. The van der Waals surface area contributed by atoms with Crippen LogP contribution in [0.25, 0.3) is 0 Å². The van der Waals surface area contributed by atoms with Gasteiger partial charge in [-0.25, -0.2) is 0 Å². The minimum Gasteiger partial charge on any atom is -0.399 e. The van der Waals surface area contributed by atoms with Crippen LogP contribution in [0.3, 0.4) is 0 Å². The fourth-order valence-electron chi connectivity index (χ4n) is 1.99. The first-order valence-corrected chi connectivity index (χ1v) is 4.96. The Balaban J connectivity index is 0.00000112. The van der Waals surface area contributed by atoms with Crippen LogP contribution in [0.1, 0.15) is 12.0 Å². The summed E-state index contributed by atoms with van der Waals surface area (Å²) < 4.78 is 0. The molecule has 0 saturated carbocycles. The fraction of sp³-hybridized carbons (Fsp3) is 0.455. The molecule has 15 heavy (non-hydrogen) atoms. The predicted molar refractivity (Wildman–Crippen MR) is 65.7 cm³/mol. The van der Waals surface area contributed by atoms with Gasteiger partial charge in [0.1, 0.15) is 0 Å². The van der Waals surface area contributed by atoms with Crippen LogP contribution in [-0.2, 0) is 0 Å². The molecule has 4 heteroatoms. The molecule has 0 amide bonds. The maximum Gasteiger partial charge on any atom is 0.0731 e. The Morgan fingerprint density at radius 1 is 1.47 bits per heavy atom. The topological polar surface area (TPSA) is 49.5 Å². The molecule has 1 aliphatic rings. The summed E-state index contributed by atoms with van der Waals surface area (Å²) in [6.45, 7) is 3.73. The Morgan fingerprint density at radius 3 is 2.73 bits per heavy atom. The molecule has 1 saturated heterocycles. The summed E-state index contributed by atoms with van der Waals surface area (Å²) in [5.41, 5.74) is 8.85. The number of benzene rings is 1. The van der Waals surface area contributed by atoms with Crippen molar-refractivity contribution >= 4 is 23.8 Å². The van der Waals surface area contributed by atoms with Crippen LogP contribution < -0.4 is 10.6 Å². The maximum atomic E-state index is 9.44. The molecule has 3 nitrogen and oxygen atoms in total. The second kappa shape index (κ2) is 4.73. The molecule has 1 heterocycles. The number of hydrogen-bond donors (Lipinski definition) is 2. The van der Waals surface area contributed by atoms with Crippen LogP contribution in [0.2, 0.25) is 0 Å². The van der Waals surface area contributed by atoms with Crippen molar-refractivity contribution in [2.75, 3.05) is 23.7 Å². The van der Waals surface area contributed by atoms with Crippen LogP contribution in [0.15, 0.2) is 18.2 Å². The first kappa shape index (κ1) is 12.1. The van der Waals surface area contributed by atoms with Crippen LogP contribution in [0.5, 0.6) is 0 Å². The molecule has 0 spiro atoms. The van der Waals surface area contributed by atoms with Gasteiger partial charge >= 0.3 is 0 Å². The minimum atomic E-state index is -0.174. The summed E-state index contributed by atoms with van der Waals surface area (Å²) in [6, 6.07) is 5.91. The van der Waals surface area contributed by atoms with Gasteiger partial charge in [0.2, 0.25) is 0 Å². The average Bonchev–Trinajstić information content (AvgIpc) is 2.51. The summed E-state index contributed by atoms with van der Waals surface area (Å²) in [4.78, 5) is 2.21. The van der Waals surface area contributed by atoms with Crippen LogP contribution in [0.4, 0.5) is 11.4 Å². The minimum absolute atomic E-state index is 0. The number of β-amino-alcohol motifs (C(OH)–C–C–N with tert-alkyl or cyclic N) is 1. The average molecular weight is 229 g/mol. The number of aryl methyl sites for hydroxylation is 1. The predicted octanol–water partition coefficient (Wildman–Crippen LogP) is 1.57. The standard InChI is InChI=1S/C11H16N2O.ClH/c1-8-6-9(12)2-3-11(8)13-5-4-10(14)7-13;/h2-3,6,10,14H,4-5,7,12H2,1H3;1H. The van der Waals surface area contributed by atoms with Crippen LogP contribution in [-0.4, -0.2) is 24.3 Å². The number of nitrogen functional groups attached to an aromatic ring is 1. The van der Waals surface area contributed by atoms with Gasteiger partial charge in [0.05, 0.1) is 6.10 Å². The van der Waals surface area contributed by atoms with Crippen LogP contribution in [0, 0.1) is 6.92 Å². The fourth-order valence-corrected chi connectivity index (χ4v) is 1.99. The molecule has 84 valence electrons. The molecule has 0 aliphatic carbocycles. The molecule has 1 fully saturated rings. The van der Waals surface area contributed by atoms with Gasteiger partial charge in [-0.15, -0.1) is 12.4 Å². The highest BCUT2D eigenvalue weighted by Crippen LogP contribution is 2.25. The number of rotatable bonds is 1. The normalized spacial score (nSPS) is 20.1. The monoisotopic (exact) mass is 228 g/mol. The Bertz CT molecular complexity index is 343. The van der Waals surface area contributed by atoms with Crippen LogP contribution >= 0.6 is 12.4 Å². The molecule has 3 N–H and O–H groups in total. The molecule has 1 aromatic rings. The molecule has 1 atom stereocenters. The zero-order valence-corrected chi connectivity index (χ0v) is 9.63. The van der Waals surface area contributed by atoms with Gasteiger partial charge in [0.25, 0.3) is 0 Å². The van der Waals surface area contributed by atoms with Crippen molar-refractivity contribution in [3.05, 3.63) is 23.8 Å². The SMILES string of the molecule is Cc1cc(N)ccc1N1CCC(O)C1.Cl. The van der Waals surface area contributed by atoms with Gasteiger partial charge in [-0.1, -0.05) is 0 Å². The van der Waals surface area contributed by atoms with E-state index in [0.717, 1.165) is 25.2 Å². The van der Waals surface area contributed by atoms with E-state index in [9.17, 15) is 5.11 Å². The maximum absolute atomic E-state index is 9.44. The third-order valence-corrected chi connectivity index (χ3v) is 2.72. The van der Waals surface area contributed by atoms with E-state index in [1.807, 2.05) is 18.2 Å². The van der Waals surface area contributed by atoms with Crippen molar-refractivity contribution in [1.82, 2.24) is 0 Å². The number of aliphatic hydroxyl groups excluding tert-OH is 1. The van der Waals surface area contributed by atoms with E-state index < -0.39 is 0 Å². The smallest absolute Gasteiger partial charge is 0.0731 e. The number of aliphatic hydroxyl groups is 1. The van der Waals surface area contributed by atoms with Crippen molar-refractivity contribution in [2.24, 2.45) is 0 Å². The van der Waals surface area contributed by atoms with Gasteiger partial charge in [-0.3, -0.25) is 0 Å². The Hall–Kier alpha value is -0.930. The molecule has 0 aromatic heterocycles. The number of anilines is 2. The second-order valence-corrected chi connectivity index (χ2v) is 3.93. The first-order chi connectivity index (χ1) is 6.66. The number of nitrogens with two attached hydrogens (primary N) is 1. The summed E-state index contributed by atoms with van der Waals surface area (Å²) in [5, 5.41) is 9.44. The molecule has 0 bridgehead atoms. The zero-order valence-electron chi connectivity index (χ0n) is 8.81. The largest absolute Gasteiger partial charge is 0.399 e. The number of halogens is 1. The van der Waals surface area contributed by atoms with E-state index in [-0.39, 0.29) is 18.5 Å². The van der Waals surface area contributed by atoms with E-state index >= 15 is 0 Å². The van der Waals surface area contributed by atoms with E-state index in [0.29, 0.717) is 0 Å². The van der Waals surface area contributed by atoms with E-state index in [4.69, 9.17) is 5.73 Å². The Morgan fingerprint density at radius 2 is 2.20 bits per heavy atom. The van der Waals surface area contributed by atoms with Gasteiger partial charge in [-0.05, 0) is 37.1 Å². The van der Waals surface area contributed by atoms with Gasteiger partial charge in [-0.2, -0.15) is 0 Å². The van der Waals surface area contributed by atoms with Crippen molar-refractivity contribution in [1.29, 1.82) is 0 Å². The molecule has 1 unspecified atom stereocenters. The zero-order chi connectivity index (χ0) is 10.1. The Kier molecular flexibility index (Phi) is 3.83. The Labute approximate surface area is 96.3 Å². The lowest BCUT2D eigenvalue weighted by atomic mass is 10.1. The highest BCUT2D eigenvalue weighted by Gasteiger charge is 2.21. The molecule has 0 radical (unpaired) electrons. The summed E-state index contributed by atoms with van der Waals surface area (Å²) in [5.74, 6) is 0.